The number of alkyl halides is 1. The summed E-state index contributed by atoms with van der Waals surface area (Å²) in [4.78, 5) is 0. The molecule has 0 aliphatic heterocycles. The van der Waals surface area contributed by atoms with Crippen molar-refractivity contribution in [3.63, 3.8) is 0 Å². The molecular formula is C12H16Cl2FNO. The van der Waals surface area contributed by atoms with Gasteiger partial charge in [0.05, 0.1) is 11.6 Å². The highest BCUT2D eigenvalue weighted by molar-refractivity contribution is 6.30. The molecule has 96 valence electrons. The fraction of sp³-hybridized carbons (Fsp3) is 0.500. The summed E-state index contributed by atoms with van der Waals surface area (Å²) in [6, 6.07) is 4.89. The lowest BCUT2D eigenvalue weighted by atomic mass is 10.2. The minimum absolute atomic E-state index is 0.143. The van der Waals surface area contributed by atoms with Crippen molar-refractivity contribution in [2.24, 2.45) is 0 Å². The van der Waals surface area contributed by atoms with E-state index in [2.05, 4.69) is 5.32 Å². The first kappa shape index (κ1) is 14.7. The van der Waals surface area contributed by atoms with E-state index in [4.69, 9.17) is 27.9 Å². The zero-order valence-corrected chi connectivity index (χ0v) is 11.2. The van der Waals surface area contributed by atoms with Gasteiger partial charge in [0.2, 0.25) is 0 Å². The van der Waals surface area contributed by atoms with Crippen LogP contribution in [0.4, 0.5) is 4.39 Å². The second kappa shape index (κ2) is 7.88. The molecular weight excluding hydrogens is 264 g/mol. The summed E-state index contributed by atoms with van der Waals surface area (Å²) in [5.41, 5.74) is 0.937. The zero-order chi connectivity index (χ0) is 12.7. The summed E-state index contributed by atoms with van der Waals surface area (Å²) in [6.45, 7) is 1.21. The maximum Gasteiger partial charge on any atom is 0.141 e. The Balaban J connectivity index is 2.49. The van der Waals surface area contributed by atoms with E-state index < -0.39 is 5.82 Å². The number of methoxy groups -OCH3 is 1. The van der Waals surface area contributed by atoms with Gasteiger partial charge in [-0.15, -0.1) is 11.6 Å². The van der Waals surface area contributed by atoms with E-state index in [1.807, 2.05) is 0 Å². The molecule has 2 nitrogen and oxygen atoms in total. The fourth-order valence-electron chi connectivity index (χ4n) is 1.49. The maximum atomic E-state index is 12.9. The van der Waals surface area contributed by atoms with Gasteiger partial charge in [0.1, 0.15) is 5.82 Å². The SMILES string of the molecule is COCC(CCCl)NCc1ccc(F)c(Cl)c1. The quantitative estimate of drug-likeness (QED) is 0.774. The smallest absolute Gasteiger partial charge is 0.141 e. The van der Waals surface area contributed by atoms with Crippen LogP contribution in [0.2, 0.25) is 5.02 Å². The van der Waals surface area contributed by atoms with E-state index in [0.717, 1.165) is 12.0 Å². The highest BCUT2D eigenvalue weighted by Gasteiger charge is 2.07. The Morgan fingerprint density at radius 3 is 2.82 bits per heavy atom. The third kappa shape index (κ3) is 5.21. The highest BCUT2D eigenvalue weighted by Crippen LogP contribution is 2.16. The number of halogens is 3. The lowest BCUT2D eigenvalue weighted by molar-refractivity contribution is 0.164. The van der Waals surface area contributed by atoms with Gasteiger partial charge in [-0.3, -0.25) is 0 Å². The Kier molecular flexibility index (Phi) is 6.82. The molecule has 0 radical (unpaired) electrons. The molecule has 1 aromatic carbocycles. The molecule has 1 atom stereocenters. The number of hydrogen-bond donors (Lipinski definition) is 1. The van der Waals surface area contributed by atoms with Crippen LogP contribution in [0.25, 0.3) is 0 Å². The summed E-state index contributed by atoms with van der Waals surface area (Å²) < 4.78 is 18.0. The average molecular weight is 280 g/mol. The van der Waals surface area contributed by atoms with E-state index >= 15 is 0 Å². The molecule has 0 aliphatic carbocycles. The predicted molar refractivity (Wildman–Crippen MR) is 69.3 cm³/mol. The van der Waals surface area contributed by atoms with Gasteiger partial charge in [-0.25, -0.2) is 4.39 Å². The largest absolute Gasteiger partial charge is 0.383 e. The predicted octanol–water partition coefficient (Wildman–Crippen LogP) is 3.21. The van der Waals surface area contributed by atoms with Crippen molar-refractivity contribution in [1.29, 1.82) is 0 Å². The van der Waals surface area contributed by atoms with Crippen LogP contribution in [0.15, 0.2) is 18.2 Å². The van der Waals surface area contributed by atoms with E-state index in [1.54, 1.807) is 19.2 Å². The minimum Gasteiger partial charge on any atom is -0.383 e. The summed E-state index contributed by atoms with van der Waals surface area (Å²) in [5.74, 6) is 0.176. The number of ether oxygens (including phenoxy) is 1. The van der Waals surface area contributed by atoms with Crippen molar-refractivity contribution in [2.75, 3.05) is 19.6 Å². The van der Waals surface area contributed by atoms with Crippen LogP contribution in [0, 0.1) is 5.82 Å². The summed E-state index contributed by atoms with van der Waals surface area (Å²) in [6.07, 6.45) is 0.824. The lowest BCUT2D eigenvalue weighted by Gasteiger charge is -2.16. The van der Waals surface area contributed by atoms with Crippen molar-refractivity contribution >= 4 is 23.2 Å². The molecule has 0 amide bonds. The number of hydrogen-bond acceptors (Lipinski definition) is 2. The second-order valence-electron chi connectivity index (χ2n) is 3.76. The first-order chi connectivity index (χ1) is 8.17. The van der Waals surface area contributed by atoms with Crippen molar-refractivity contribution in [3.8, 4) is 0 Å². The van der Waals surface area contributed by atoms with Gasteiger partial charge in [0.15, 0.2) is 0 Å². The van der Waals surface area contributed by atoms with E-state index in [1.165, 1.54) is 6.07 Å². The Labute approximate surface area is 111 Å². The Morgan fingerprint density at radius 1 is 1.47 bits per heavy atom. The molecule has 0 heterocycles. The topological polar surface area (TPSA) is 21.3 Å². The summed E-state index contributed by atoms with van der Waals surface area (Å²) in [7, 11) is 1.65. The van der Waals surface area contributed by atoms with Crippen LogP contribution in [-0.2, 0) is 11.3 Å². The van der Waals surface area contributed by atoms with Crippen LogP contribution < -0.4 is 5.32 Å². The molecule has 0 spiro atoms. The fourth-order valence-corrected chi connectivity index (χ4v) is 1.96. The van der Waals surface area contributed by atoms with Gasteiger partial charge in [0.25, 0.3) is 0 Å². The number of benzene rings is 1. The molecule has 5 heteroatoms. The van der Waals surface area contributed by atoms with Gasteiger partial charge in [0, 0.05) is 25.6 Å². The molecule has 0 fully saturated rings. The lowest BCUT2D eigenvalue weighted by Crippen LogP contribution is -2.33. The Bertz CT molecular complexity index is 343. The number of rotatable bonds is 7. The maximum absolute atomic E-state index is 12.9. The summed E-state index contributed by atoms with van der Waals surface area (Å²) >= 11 is 11.4. The molecule has 0 aromatic heterocycles. The molecule has 0 aliphatic rings. The van der Waals surface area contributed by atoms with Crippen molar-refractivity contribution in [2.45, 2.75) is 19.0 Å². The van der Waals surface area contributed by atoms with Gasteiger partial charge >= 0.3 is 0 Å². The Hall–Kier alpha value is -0.350. The van der Waals surface area contributed by atoms with Crippen LogP contribution in [0.3, 0.4) is 0 Å². The van der Waals surface area contributed by atoms with Crippen LogP contribution >= 0.6 is 23.2 Å². The van der Waals surface area contributed by atoms with Gasteiger partial charge < -0.3 is 10.1 Å². The van der Waals surface area contributed by atoms with Crippen molar-refractivity contribution in [1.82, 2.24) is 5.32 Å². The molecule has 1 unspecified atom stereocenters. The number of nitrogens with one attached hydrogen (secondary N) is 1. The van der Waals surface area contributed by atoms with E-state index in [0.29, 0.717) is 19.0 Å². The third-order valence-electron chi connectivity index (χ3n) is 2.40. The molecule has 1 aromatic rings. The first-order valence-corrected chi connectivity index (χ1v) is 6.30. The standard InChI is InChI=1S/C12H16Cl2FNO/c1-17-8-10(4-5-13)16-7-9-2-3-12(15)11(14)6-9/h2-3,6,10,16H,4-5,7-8H2,1H3. The van der Waals surface area contributed by atoms with Gasteiger partial charge in [-0.2, -0.15) is 0 Å². The van der Waals surface area contributed by atoms with Crippen LogP contribution in [-0.4, -0.2) is 25.6 Å². The van der Waals surface area contributed by atoms with Gasteiger partial charge in [-0.1, -0.05) is 17.7 Å². The Morgan fingerprint density at radius 2 is 2.24 bits per heavy atom. The molecule has 0 saturated heterocycles. The molecule has 1 rings (SSSR count). The van der Waals surface area contributed by atoms with Crippen LogP contribution in [0.1, 0.15) is 12.0 Å². The minimum atomic E-state index is -0.399. The molecule has 0 bridgehead atoms. The normalized spacial score (nSPS) is 12.7. The highest BCUT2D eigenvalue weighted by atomic mass is 35.5. The van der Waals surface area contributed by atoms with Gasteiger partial charge in [-0.05, 0) is 24.1 Å². The molecule has 0 saturated carbocycles. The second-order valence-corrected chi connectivity index (χ2v) is 4.54. The van der Waals surface area contributed by atoms with Crippen LogP contribution in [0.5, 0.6) is 0 Å². The van der Waals surface area contributed by atoms with E-state index in [-0.39, 0.29) is 11.1 Å². The van der Waals surface area contributed by atoms with Crippen molar-refractivity contribution < 1.29 is 9.13 Å². The zero-order valence-electron chi connectivity index (χ0n) is 9.68. The molecule has 1 N–H and O–H groups in total. The first-order valence-electron chi connectivity index (χ1n) is 5.39. The monoisotopic (exact) mass is 279 g/mol. The van der Waals surface area contributed by atoms with Crippen molar-refractivity contribution in [3.05, 3.63) is 34.6 Å². The summed E-state index contributed by atoms with van der Waals surface area (Å²) in [5, 5.41) is 3.44. The third-order valence-corrected chi connectivity index (χ3v) is 2.91. The van der Waals surface area contributed by atoms with E-state index in [9.17, 15) is 4.39 Å². The average Bonchev–Trinajstić information content (AvgIpc) is 2.31. The molecule has 17 heavy (non-hydrogen) atoms.